The van der Waals surface area contributed by atoms with Crippen LogP contribution in [-0.2, 0) is 9.53 Å². The van der Waals surface area contributed by atoms with Crippen LogP contribution >= 0.6 is 0 Å². The Labute approximate surface area is 123 Å². The lowest BCUT2D eigenvalue weighted by atomic mass is 9.90. The maximum absolute atomic E-state index is 9.87. The predicted molar refractivity (Wildman–Crippen MR) is 79.8 cm³/mol. The summed E-state index contributed by atoms with van der Waals surface area (Å²) in [5.41, 5.74) is -0.552. The number of carbonyl (C=O) groups is 1. The smallest absolute Gasteiger partial charge is 0.303 e. The average Bonchev–Trinajstić information content (AvgIpc) is 2.44. The number of hydrogen-bond acceptors (Lipinski definition) is 4. The lowest BCUT2D eigenvalue weighted by Crippen LogP contribution is -2.46. The first-order valence-electron chi connectivity index (χ1n) is 7.58. The highest BCUT2D eigenvalue weighted by atomic mass is 16.5. The molecule has 0 spiro atoms. The standard InChI is InChI=1S/C9H20O3.C6H12O2/c1-4-9(5-2,12-6-3)8(11)7-10;1-2-3-4-5-6(7)8/h8,10-11H,4-7H2,1-3H3;2-5H2,1H3,(H,7,8). The second kappa shape index (κ2) is 13.3. The Bertz CT molecular complexity index is 226. The van der Waals surface area contributed by atoms with Crippen LogP contribution in [0.2, 0.25) is 0 Å². The van der Waals surface area contributed by atoms with E-state index in [4.69, 9.17) is 14.9 Å². The minimum absolute atomic E-state index is 0.234. The molecule has 0 saturated carbocycles. The molecule has 0 amide bonds. The van der Waals surface area contributed by atoms with Crippen molar-refractivity contribution < 1.29 is 24.9 Å². The van der Waals surface area contributed by atoms with Crippen LogP contribution in [0.15, 0.2) is 0 Å². The number of rotatable bonds is 10. The summed E-state index contributed by atoms with van der Waals surface area (Å²) in [5, 5.41) is 26.5. The van der Waals surface area contributed by atoms with Gasteiger partial charge in [-0.1, -0.05) is 33.6 Å². The largest absolute Gasteiger partial charge is 0.481 e. The van der Waals surface area contributed by atoms with Crippen LogP contribution in [0.1, 0.15) is 66.2 Å². The summed E-state index contributed by atoms with van der Waals surface area (Å²) < 4.78 is 5.47. The van der Waals surface area contributed by atoms with Gasteiger partial charge >= 0.3 is 5.97 Å². The SMILES string of the molecule is CCCCCC(=O)O.CCOC(CC)(CC)C(O)CO. The van der Waals surface area contributed by atoms with Crippen molar-refractivity contribution in [1.82, 2.24) is 0 Å². The molecule has 0 heterocycles. The van der Waals surface area contributed by atoms with Gasteiger partial charge in [0.1, 0.15) is 6.10 Å². The number of aliphatic carboxylic acids is 1. The molecule has 0 radical (unpaired) electrons. The molecule has 1 atom stereocenters. The second-order valence-electron chi connectivity index (χ2n) is 4.75. The molecular weight excluding hydrogens is 260 g/mol. The number of aliphatic hydroxyl groups excluding tert-OH is 2. The fourth-order valence-electron chi connectivity index (χ4n) is 2.00. The van der Waals surface area contributed by atoms with Gasteiger partial charge in [0.25, 0.3) is 0 Å². The van der Waals surface area contributed by atoms with Gasteiger partial charge in [-0.15, -0.1) is 0 Å². The molecule has 0 saturated heterocycles. The fourth-order valence-corrected chi connectivity index (χ4v) is 2.00. The molecule has 0 fully saturated rings. The summed E-state index contributed by atoms with van der Waals surface area (Å²) in [7, 11) is 0. The van der Waals surface area contributed by atoms with E-state index in [1.807, 2.05) is 20.8 Å². The number of unbranched alkanes of at least 4 members (excludes halogenated alkanes) is 2. The van der Waals surface area contributed by atoms with E-state index < -0.39 is 17.7 Å². The number of ether oxygens (including phenoxy) is 1. The summed E-state index contributed by atoms with van der Waals surface area (Å²) in [5.74, 6) is -0.682. The first-order chi connectivity index (χ1) is 9.43. The minimum atomic E-state index is -0.771. The monoisotopic (exact) mass is 292 g/mol. The van der Waals surface area contributed by atoms with Gasteiger partial charge in [-0.25, -0.2) is 0 Å². The molecule has 1 unspecified atom stereocenters. The first-order valence-corrected chi connectivity index (χ1v) is 7.58. The van der Waals surface area contributed by atoms with Crippen molar-refractivity contribution in [1.29, 1.82) is 0 Å². The van der Waals surface area contributed by atoms with Crippen LogP contribution in [0.4, 0.5) is 0 Å². The maximum Gasteiger partial charge on any atom is 0.303 e. The average molecular weight is 292 g/mol. The Morgan fingerprint density at radius 2 is 1.70 bits per heavy atom. The van der Waals surface area contributed by atoms with Gasteiger partial charge in [0.2, 0.25) is 0 Å². The highest BCUT2D eigenvalue weighted by Crippen LogP contribution is 2.24. The normalized spacial score (nSPS) is 12.5. The number of aliphatic hydroxyl groups is 2. The van der Waals surface area contributed by atoms with E-state index in [-0.39, 0.29) is 6.61 Å². The Kier molecular flexibility index (Phi) is 14.4. The quantitative estimate of drug-likeness (QED) is 0.539. The van der Waals surface area contributed by atoms with E-state index in [0.717, 1.165) is 32.1 Å². The molecule has 3 N–H and O–H groups in total. The van der Waals surface area contributed by atoms with Gasteiger partial charge in [-0.3, -0.25) is 4.79 Å². The number of hydrogen-bond donors (Lipinski definition) is 3. The zero-order chi connectivity index (χ0) is 16.0. The van der Waals surface area contributed by atoms with E-state index >= 15 is 0 Å². The molecule has 5 nitrogen and oxygen atoms in total. The van der Waals surface area contributed by atoms with Crippen LogP contribution in [0.25, 0.3) is 0 Å². The van der Waals surface area contributed by atoms with Gasteiger partial charge in [0.15, 0.2) is 0 Å². The van der Waals surface area contributed by atoms with Gasteiger partial charge in [-0.05, 0) is 26.2 Å². The highest BCUT2D eigenvalue weighted by Gasteiger charge is 2.34. The Hall–Kier alpha value is -0.650. The summed E-state index contributed by atoms with van der Waals surface area (Å²) >= 11 is 0. The Morgan fingerprint density at radius 3 is 2.00 bits per heavy atom. The third kappa shape index (κ3) is 9.28. The first kappa shape index (κ1) is 21.6. The van der Waals surface area contributed by atoms with Crippen LogP contribution in [0.5, 0.6) is 0 Å². The highest BCUT2D eigenvalue weighted by molar-refractivity contribution is 5.66. The van der Waals surface area contributed by atoms with E-state index in [1.54, 1.807) is 0 Å². The van der Waals surface area contributed by atoms with Crippen molar-refractivity contribution in [2.24, 2.45) is 0 Å². The molecule has 122 valence electrons. The third-order valence-electron chi connectivity index (χ3n) is 3.40. The maximum atomic E-state index is 9.87. The number of carboxylic acid groups (broad SMARTS) is 1. The predicted octanol–water partition coefficient (Wildman–Crippen LogP) is 2.59. The molecule has 0 bridgehead atoms. The van der Waals surface area contributed by atoms with Crippen molar-refractivity contribution in [3.05, 3.63) is 0 Å². The second-order valence-corrected chi connectivity index (χ2v) is 4.75. The van der Waals surface area contributed by atoms with Gasteiger partial charge in [0, 0.05) is 13.0 Å². The van der Waals surface area contributed by atoms with Crippen LogP contribution in [0.3, 0.4) is 0 Å². The zero-order valence-electron chi connectivity index (χ0n) is 13.4. The minimum Gasteiger partial charge on any atom is -0.481 e. The molecule has 0 aliphatic carbocycles. The topological polar surface area (TPSA) is 87.0 Å². The lowest BCUT2D eigenvalue weighted by molar-refractivity contribution is -0.138. The van der Waals surface area contributed by atoms with Crippen molar-refractivity contribution >= 4 is 5.97 Å². The fraction of sp³-hybridized carbons (Fsp3) is 0.933. The molecule has 0 aliphatic rings. The number of carboxylic acids is 1. The third-order valence-corrected chi connectivity index (χ3v) is 3.40. The van der Waals surface area contributed by atoms with E-state index in [0.29, 0.717) is 13.0 Å². The van der Waals surface area contributed by atoms with Crippen LogP contribution in [0, 0.1) is 0 Å². The molecule has 0 aliphatic heterocycles. The van der Waals surface area contributed by atoms with Crippen LogP contribution in [-0.4, -0.2) is 46.2 Å². The van der Waals surface area contributed by atoms with Gasteiger partial charge in [-0.2, -0.15) is 0 Å². The molecule has 0 rings (SSSR count). The van der Waals surface area contributed by atoms with E-state index in [9.17, 15) is 9.90 Å². The van der Waals surface area contributed by atoms with E-state index in [2.05, 4.69) is 6.92 Å². The molecule has 0 aromatic rings. The van der Waals surface area contributed by atoms with Crippen molar-refractivity contribution in [3.63, 3.8) is 0 Å². The van der Waals surface area contributed by atoms with Gasteiger partial charge < -0.3 is 20.1 Å². The molecule has 20 heavy (non-hydrogen) atoms. The van der Waals surface area contributed by atoms with Gasteiger partial charge in [0.05, 0.1) is 12.2 Å². The van der Waals surface area contributed by atoms with Crippen molar-refractivity contribution in [2.45, 2.75) is 77.9 Å². The van der Waals surface area contributed by atoms with Crippen molar-refractivity contribution in [2.75, 3.05) is 13.2 Å². The molecule has 5 heteroatoms. The van der Waals surface area contributed by atoms with Crippen LogP contribution < -0.4 is 0 Å². The Morgan fingerprint density at radius 1 is 1.15 bits per heavy atom. The Balaban J connectivity index is 0. The molecule has 0 aromatic heterocycles. The van der Waals surface area contributed by atoms with Crippen molar-refractivity contribution in [3.8, 4) is 0 Å². The summed E-state index contributed by atoms with van der Waals surface area (Å²) in [4.78, 5) is 9.87. The summed E-state index contributed by atoms with van der Waals surface area (Å²) in [6.45, 7) is 8.20. The zero-order valence-corrected chi connectivity index (χ0v) is 13.4. The summed E-state index contributed by atoms with van der Waals surface area (Å²) in [6.07, 6.45) is 3.95. The summed E-state index contributed by atoms with van der Waals surface area (Å²) in [6, 6.07) is 0. The lowest BCUT2D eigenvalue weighted by Gasteiger charge is -2.35. The molecular formula is C15H32O5. The van der Waals surface area contributed by atoms with E-state index in [1.165, 1.54) is 0 Å². The molecule has 0 aromatic carbocycles.